The molecule has 3 N–H and O–H groups in total. The van der Waals surface area contributed by atoms with E-state index in [2.05, 4.69) is 27.4 Å². The molecule has 0 saturated carbocycles. The van der Waals surface area contributed by atoms with E-state index < -0.39 is 0 Å². The summed E-state index contributed by atoms with van der Waals surface area (Å²) in [5.74, 6) is 1.71. The molecular weight excluding hydrogens is 480 g/mol. The van der Waals surface area contributed by atoms with Crippen molar-refractivity contribution >= 4 is 16.7 Å². The minimum absolute atomic E-state index is 0. The molecule has 0 bridgehead atoms. The molecule has 0 saturated heterocycles. The number of H-pyrrole nitrogens is 1. The Morgan fingerprint density at radius 1 is 1.11 bits per heavy atom. The van der Waals surface area contributed by atoms with Gasteiger partial charge in [-0.25, -0.2) is 5.10 Å². The highest BCUT2D eigenvalue weighted by Crippen LogP contribution is 2.44. The second-order valence-corrected chi connectivity index (χ2v) is 8.18. The van der Waals surface area contributed by atoms with Gasteiger partial charge in [-0.2, -0.15) is 5.10 Å². The van der Waals surface area contributed by atoms with E-state index in [0.29, 0.717) is 45.7 Å². The van der Waals surface area contributed by atoms with Gasteiger partial charge in [0.2, 0.25) is 0 Å². The molecule has 2 aromatic carbocycles. The largest absolute Gasteiger partial charge is 0.493 e. The number of aromatic amines is 1. The van der Waals surface area contributed by atoms with Crippen molar-refractivity contribution in [3.63, 3.8) is 0 Å². The molecule has 0 atom stereocenters. The van der Waals surface area contributed by atoms with Gasteiger partial charge in [0.15, 0.2) is 0 Å². The Bertz CT molecular complexity index is 1530. The van der Waals surface area contributed by atoms with Crippen LogP contribution in [0.2, 0.25) is 0 Å². The summed E-state index contributed by atoms with van der Waals surface area (Å²) in [5, 5.41) is 13.8. The lowest BCUT2D eigenvalue weighted by molar-refractivity contribution is -0.116. The lowest BCUT2D eigenvalue weighted by Gasteiger charge is -2.20. The lowest BCUT2D eigenvalue weighted by Crippen LogP contribution is -2.19. The second-order valence-electron chi connectivity index (χ2n) is 8.18. The fraction of sp³-hybridized carbons (Fsp3) is 0.233. The topological polar surface area (TPSA) is 105 Å². The van der Waals surface area contributed by atoms with Crippen molar-refractivity contribution in [3.05, 3.63) is 99.7 Å². The van der Waals surface area contributed by atoms with Crippen molar-refractivity contribution in [2.24, 2.45) is 0 Å². The van der Waals surface area contributed by atoms with Crippen LogP contribution in [0.3, 0.4) is 0 Å². The second kappa shape index (κ2) is 12.1. The van der Waals surface area contributed by atoms with E-state index in [1.165, 1.54) is 0 Å². The van der Waals surface area contributed by atoms with Crippen molar-refractivity contribution in [2.75, 3.05) is 14.1 Å². The summed E-state index contributed by atoms with van der Waals surface area (Å²) in [5.41, 5.74) is 4.11. The number of allylic oxidation sites excluding steroid dienone is 2. The number of benzene rings is 2. The van der Waals surface area contributed by atoms with Crippen LogP contribution >= 0.6 is 0 Å². The molecule has 0 radical (unpaired) electrons. The number of carbonyl (C=O) groups is 1. The number of ether oxygens (including phenoxy) is 2. The highest BCUT2D eigenvalue weighted by atomic mass is 16.5. The number of nitrogens with one attached hydrogen (secondary N) is 3. The molecule has 0 spiro atoms. The van der Waals surface area contributed by atoms with Gasteiger partial charge in [0, 0.05) is 37.3 Å². The normalized spacial score (nSPS) is 13.0. The van der Waals surface area contributed by atoms with Gasteiger partial charge in [0.1, 0.15) is 29.6 Å². The third-order valence-corrected chi connectivity index (χ3v) is 6.01. The van der Waals surface area contributed by atoms with E-state index in [1.54, 1.807) is 38.4 Å². The first-order valence-electron chi connectivity index (χ1n) is 12.2. The van der Waals surface area contributed by atoms with Gasteiger partial charge in [0.05, 0.1) is 10.8 Å². The molecule has 1 amide bonds. The van der Waals surface area contributed by atoms with Gasteiger partial charge in [-0.3, -0.25) is 9.59 Å². The summed E-state index contributed by atoms with van der Waals surface area (Å²) < 4.78 is 12.2. The number of nitrogens with zero attached hydrogens (tertiary/aromatic N) is 1. The Morgan fingerprint density at radius 2 is 1.89 bits per heavy atom. The van der Waals surface area contributed by atoms with Crippen molar-refractivity contribution in [3.8, 4) is 22.8 Å². The first kappa shape index (κ1) is 28.0. The number of hydrogen-bond acceptors (Lipinski definition) is 6. The third-order valence-electron chi connectivity index (χ3n) is 6.01. The van der Waals surface area contributed by atoms with Gasteiger partial charge in [-0.05, 0) is 47.6 Å². The maximum absolute atomic E-state index is 12.4. The van der Waals surface area contributed by atoms with Gasteiger partial charge >= 0.3 is 0 Å². The van der Waals surface area contributed by atoms with Crippen LogP contribution in [-0.2, 0) is 16.1 Å². The van der Waals surface area contributed by atoms with Crippen LogP contribution in [0.1, 0.15) is 33.3 Å². The SMILES string of the molecule is C.C=C(NC)C1=CCC(OCc2ccc3c(c2)-c2n[nH]c(=O)c4cccc(c24)O3)=CC(C(=O)NC)=C1.CC. The minimum atomic E-state index is -0.259. The zero-order valence-electron chi connectivity index (χ0n) is 21.4. The molecule has 3 aromatic rings. The summed E-state index contributed by atoms with van der Waals surface area (Å²) >= 11 is 0. The maximum atomic E-state index is 12.4. The smallest absolute Gasteiger partial charge is 0.272 e. The maximum Gasteiger partial charge on any atom is 0.272 e. The van der Waals surface area contributed by atoms with E-state index in [1.807, 2.05) is 44.2 Å². The van der Waals surface area contributed by atoms with E-state index >= 15 is 0 Å². The van der Waals surface area contributed by atoms with Crippen molar-refractivity contribution in [2.45, 2.75) is 34.3 Å². The standard InChI is InChI=1S/C27H24N4O4.C2H6.CH4/c1-15(28-2)17-8-9-19(13-18(12-17)26(32)29-3)34-14-16-7-10-22-21(11-16)25-24-20(27(33)31-30-25)5-4-6-23(24)35-22;1-2;/h4-8,10-13,28H,1,9,14H2,2-3H3,(H,29,32)(H,31,33);1-2H3;1H4. The molecule has 2 aliphatic rings. The molecular formula is C30H34N4O4. The van der Waals surface area contributed by atoms with E-state index in [0.717, 1.165) is 22.4 Å². The van der Waals surface area contributed by atoms with Gasteiger partial charge in [0.25, 0.3) is 11.5 Å². The van der Waals surface area contributed by atoms with Crippen LogP contribution in [0.15, 0.2) is 88.6 Å². The molecule has 0 fully saturated rings. The highest BCUT2D eigenvalue weighted by molar-refractivity contribution is 6.01. The molecule has 198 valence electrons. The predicted octanol–water partition coefficient (Wildman–Crippen LogP) is 5.49. The first-order chi connectivity index (χ1) is 18.0. The van der Waals surface area contributed by atoms with Crippen LogP contribution in [-0.4, -0.2) is 30.2 Å². The fourth-order valence-corrected chi connectivity index (χ4v) is 4.14. The van der Waals surface area contributed by atoms with Crippen LogP contribution in [0.5, 0.6) is 11.5 Å². The summed E-state index contributed by atoms with van der Waals surface area (Å²) in [6, 6.07) is 11.1. The van der Waals surface area contributed by atoms with Crippen LogP contribution in [0.4, 0.5) is 0 Å². The summed E-state index contributed by atoms with van der Waals surface area (Å²) in [7, 11) is 3.38. The summed E-state index contributed by atoms with van der Waals surface area (Å²) in [4.78, 5) is 24.6. The first-order valence-corrected chi connectivity index (χ1v) is 12.2. The number of aromatic nitrogens is 2. The molecule has 5 rings (SSSR count). The minimum Gasteiger partial charge on any atom is -0.493 e. The van der Waals surface area contributed by atoms with Gasteiger partial charge in [-0.15, -0.1) is 0 Å². The van der Waals surface area contributed by atoms with Crippen LogP contribution in [0, 0.1) is 0 Å². The molecule has 8 heteroatoms. The molecule has 0 unspecified atom stereocenters. The number of carbonyl (C=O) groups excluding carboxylic acids is 1. The van der Waals surface area contributed by atoms with Crippen molar-refractivity contribution in [1.29, 1.82) is 0 Å². The Morgan fingerprint density at radius 3 is 2.63 bits per heavy atom. The number of likely N-dealkylation sites (N-methyl/N-ethyl adjacent to an activating group) is 2. The average Bonchev–Trinajstić information content (AvgIpc) is 3.16. The van der Waals surface area contributed by atoms with Crippen molar-refractivity contribution < 1.29 is 14.3 Å². The monoisotopic (exact) mass is 514 g/mol. The molecule has 1 aliphatic heterocycles. The third kappa shape index (κ3) is 5.39. The number of rotatable bonds is 6. The number of fused-ring (bicyclic) bond motifs is 2. The number of amides is 1. The van der Waals surface area contributed by atoms with E-state index in [-0.39, 0.29) is 25.5 Å². The Balaban J connectivity index is 0.00000130. The van der Waals surface area contributed by atoms with Gasteiger partial charge in [-0.1, -0.05) is 46.1 Å². The summed E-state index contributed by atoms with van der Waals surface area (Å²) in [6.45, 7) is 8.28. The Labute approximate surface area is 222 Å². The van der Waals surface area contributed by atoms with Crippen LogP contribution in [0.25, 0.3) is 22.0 Å². The molecule has 1 aromatic heterocycles. The Hall–Kier alpha value is -4.59. The number of hydrogen-bond donors (Lipinski definition) is 3. The molecule has 8 nitrogen and oxygen atoms in total. The van der Waals surface area contributed by atoms with Crippen LogP contribution < -0.4 is 20.9 Å². The van der Waals surface area contributed by atoms with Gasteiger partial charge < -0.3 is 20.1 Å². The highest BCUT2D eigenvalue weighted by Gasteiger charge is 2.23. The predicted molar refractivity (Wildman–Crippen MR) is 152 cm³/mol. The summed E-state index contributed by atoms with van der Waals surface area (Å²) in [6.07, 6.45) is 6.01. The lowest BCUT2D eigenvalue weighted by atomic mass is 9.99. The fourth-order valence-electron chi connectivity index (χ4n) is 4.14. The van der Waals surface area contributed by atoms with E-state index in [4.69, 9.17) is 9.47 Å². The molecule has 1 aliphatic carbocycles. The van der Waals surface area contributed by atoms with Crippen molar-refractivity contribution in [1.82, 2.24) is 20.8 Å². The zero-order chi connectivity index (χ0) is 26.5. The molecule has 38 heavy (non-hydrogen) atoms. The zero-order valence-corrected chi connectivity index (χ0v) is 21.4. The van der Waals surface area contributed by atoms with E-state index in [9.17, 15) is 9.59 Å². The quantitative estimate of drug-likeness (QED) is 0.314. The Kier molecular flexibility index (Phi) is 8.91. The molecule has 2 heterocycles. The average molecular weight is 515 g/mol.